The molecule has 1 saturated heterocycles. The Morgan fingerprint density at radius 3 is 2.72 bits per heavy atom. The minimum absolute atomic E-state index is 0.0159. The highest BCUT2D eigenvalue weighted by Gasteiger charge is 2.18. The van der Waals surface area contributed by atoms with Crippen molar-refractivity contribution in [3.63, 3.8) is 0 Å². The SMILES string of the molecule is Nc1ccc(NC(=O)N2CCNC(=O)CC2)cc1. The summed E-state index contributed by atoms with van der Waals surface area (Å²) in [7, 11) is 0. The fraction of sp³-hybridized carbons (Fsp3) is 0.333. The molecular formula is C12H16N4O2. The van der Waals surface area contributed by atoms with E-state index < -0.39 is 0 Å². The maximum absolute atomic E-state index is 12.0. The molecule has 4 N–H and O–H groups in total. The van der Waals surface area contributed by atoms with Gasteiger partial charge in [0.05, 0.1) is 0 Å². The molecule has 1 aromatic rings. The Balaban J connectivity index is 1.94. The Morgan fingerprint density at radius 2 is 2.00 bits per heavy atom. The number of nitrogens with one attached hydrogen (secondary N) is 2. The van der Waals surface area contributed by atoms with Crippen molar-refractivity contribution in [2.24, 2.45) is 0 Å². The second kappa shape index (κ2) is 5.39. The van der Waals surface area contributed by atoms with Crippen LogP contribution in [-0.4, -0.2) is 36.5 Å². The summed E-state index contributed by atoms with van der Waals surface area (Å²) in [6.45, 7) is 1.45. The van der Waals surface area contributed by atoms with E-state index in [4.69, 9.17) is 5.73 Å². The molecule has 6 nitrogen and oxygen atoms in total. The van der Waals surface area contributed by atoms with E-state index in [9.17, 15) is 9.59 Å². The summed E-state index contributed by atoms with van der Waals surface area (Å²) in [4.78, 5) is 24.7. The van der Waals surface area contributed by atoms with E-state index in [1.165, 1.54) is 0 Å². The third kappa shape index (κ3) is 3.13. The predicted molar refractivity (Wildman–Crippen MR) is 69.1 cm³/mol. The summed E-state index contributed by atoms with van der Waals surface area (Å²) >= 11 is 0. The van der Waals surface area contributed by atoms with Crippen LogP contribution in [0.3, 0.4) is 0 Å². The van der Waals surface area contributed by atoms with Gasteiger partial charge in [-0.25, -0.2) is 4.79 Å². The number of nitrogens with zero attached hydrogens (tertiary/aromatic N) is 1. The second-order valence-corrected chi connectivity index (χ2v) is 4.14. The maximum atomic E-state index is 12.0. The van der Waals surface area contributed by atoms with Gasteiger partial charge in [-0.1, -0.05) is 0 Å². The van der Waals surface area contributed by atoms with Crippen LogP contribution >= 0.6 is 0 Å². The van der Waals surface area contributed by atoms with Gasteiger partial charge in [0.15, 0.2) is 0 Å². The minimum atomic E-state index is -0.198. The zero-order valence-corrected chi connectivity index (χ0v) is 9.98. The van der Waals surface area contributed by atoms with Gasteiger partial charge in [0.25, 0.3) is 0 Å². The Hall–Kier alpha value is -2.24. The molecule has 1 aliphatic heterocycles. The Morgan fingerprint density at radius 1 is 1.28 bits per heavy atom. The third-order valence-electron chi connectivity index (χ3n) is 2.76. The number of anilines is 2. The van der Waals surface area contributed by atoms with E-state index in [1.54, 1.807) is 29.2 Å². The zero-order valence-electron chi connectivity index (χ0n) is 9.98. The molecule has 1 heterocycles. The Labute approximate surface area is 105 Å². The van der Waals surface area contributed by atoms with Gasteiger partial charge in [-0.05, 0) is 24.3 Å². The van der Waals surface area contributed by atoms with Crippen LogP contribution < -0.4 is 16.4 Å². The largest absolute Gasteiger partial charge is 0.399 e. The average Bonchev–Trinajstić information content (AvgIpc) is 2.57. The standard InChI is InChI=1S/C12H16N4O2/c13-9-1-3-10(4-2-9)15-12(18)16-7-5-11(17)14-6-8-16/h1-4H,5-8,13H2,(H,14,17)(H,15,18). The van der Waals surface area contributed by atoms with Gasteiger partial charge in [0.1, 0.15) is 0 Å². The summed E-state index contributed by atoms with van der Waals surface area (Å²) in [6.07, 6.45) is 0.342. The van der Waals surface area contributed by atoms with Gasteiger partial charge in [-0.2, -0.15) is 0 Å². The van der Waals surface area contributed by atoms with Crippen LogP contribution in [0.2, 0.25) is 0 Å². The number of nitrogens with two attached hydrogens (primary N) is 1. The lowest BCUT2D eigenvalue weighted by Gasteiger charge is -2.20. The lowest BCUT2D eigenvalue weighted by atomic mass is 10.3. The normalized spacial score (nSPS) is 15.8. The summed E-state index contributed by atoms with van der Waals surface area (Å²) in [5.74, 6) is -0.0159. The molecule has 0 aromatic heterocycles. The number of amides is 3. The Kier molecular flexibility index (Phi) is 3.66. The van der Waals surface area contributed by atoms with Crippen molar-refractivity contribution in [2.45, 2.75) is 6.42 Å². The van der Waals surface area contributed by atoms with Crippen LogP contribution in [0.4, 0.5) is 16.2 Å². The number of hydrogen-bond acceptors (Lipinski definition) is 3. The fourth-order valence-corrected chi connectivity index (χ4v) is 1.74. The summed E-state index contributed by atoms with van der Waals surface area (Å²) < 4.78 is 0. The smallest absolute Gasteiger partial charge is 0.321 e. The van der Waals surface area contributed by atoms with E-state index in [0.29, 0.717) is 37.4 Å². The van der Waals surface area contributed by atoms with E-state index in [1.807, 2.05) is 0 Å². The van der Waals surface area contributed by atoms with Crippen molar-refractivity contribution >= 4 is 23.3 Å². The molecule has 0 unspecified atom stereocenters. The highest BCUT2D eigenvalue weighted by Crippen LogP contribution is 2.11. The van der Waals surface area contributed by atoms with Gasteiger partial charge in [-0.15, -0.1) is 0 Å². The van der Waals surface area contributed by atoms with Crippen molar-refractivity contribution in [1.29, 1.82) is 0 Å². The zero-order chi connectivity index (χ0) is 13.0. The lowest BCUT2D eigenvalue weighted by molar-refractivity contribution is -0.120. The van der Waals surface area contributed by atoms with Gasteiger partial charge in [0.2, 0.25) is 5.91 Å². The van der Waals surface area contributed by atoms with Crippen LogP contribution in [0.25, 0.3) is 0 Å². The van der Waals surface area contributed by atoms with E-state index in [2.05, 4.69) is 10.6 Å². The minimum Gasteiger partial charge on any atom is -0.399 e. The van der Waals surface area contributed by atoms with Crippen LogP contribution in [0, 0.1) is 0 Å². The second-order valence-electron chi connectivity index (χ2n) is 4.14. The number of hydrogen-bond donors (Lipinski definition) is 3. The van der Waals surface area contributed by atoms with Crippen LogP contribution in [0.1, 0.15) is 6.42 Å². The lowest BCUT2D eigenvalue weighted by Crippen LogP contribution is -2.37. The molecule has 0 aliphatic carbocycles. The fourth-order valence-electron chi connectivity index (χ4n) is 1.74. The molecule has 0 saturated carbocycles. The van der Waals surface area contributed by atoms with Gasteiger partial charge in [0, 0.05) is 37.4 Å². The number of nitrogen functional groups attached to an aromatic ring is 1. The molecule has 1 fully saturated rings. The van der Waals surface area contributed by atoms with Crippen molar-refractivity contribution in [1.82, 2.24) is 10.2 Å². The molecule has 18 heavy (non-hydrogen) atoms. The number of carbonyl (C=O) groups is 2. The summed E-state index contributed by atoms with van der Waals surface area (Å²) in [5, 5.41) is 5.50. The average molecular weight is 248 g/mol. The van der Waals surface area contributed by atoms with Crippen molar-refractivity contribution in [3.05, 3.63) is 24.3 Å². The predicted octanol–water partition coefficient (Wildman–Crippen LogP) is 0.623. The van der Waals surface area contributed by atoms with Crippen LogP contribution in [-0.2, 0) is 4.79 Å². The van der Waals surface area contributed by atoms with E-state index in [0.717, 1.165) is 0 Å². The quantitative estimate of drug-likeness (QED) is 0.637. The number of benzene rings is 1. The first-order valence-electron chi connectivity index (χ1n) is 5.83. The van der Waals surface area contributed by atoms with Crippen molar-refractivity contribution in [3.8, 4) is 0 Å². The maximum Gasteiger partial charge on any atom is 0.321 e. The molecule has 2 rings (SSSR count). The van der Waals surface area contributed by atoms with Gasteiger partial charge < -0.3 is 21.3 Å². The molecule has 6 heteroatoms. The first-order valence-corrected chi connectivity index (χ1v) is 5.83. The van der Waals surface area contributed by atoms with Gasteiger partial charge in [-0.3, -0.25) is 4.79 Å². The highest BCUT2D eigenvalue weighted by atomic mass is 16.2. The van der Waals surface area contributed by atoms with E-state index >= 15 is 0 Å². The number of carbonyl (C=O) groups excluding carboxylic acids is 2. The highest BCUT2D eigenvalue weighted by molar-refractivity contribution is 5.90. The van der Waals surface area contributed by atoms with E-state index in [-0.39, 0.29) is 11.9 Å². The number of urea groups is 1. The summed E-state index contributed by atoms with van der Waals surface area (Å²) in [5.41, 5.74) is 6.91. The molecule has 0 atom stereocenters. The third-order valence-corrected chi connectivity index (χ3v) is 2.76. The molecule has 96 valence electrons. The Bertz CT molecular complexity index is 444. The van der Waals surface area contributed by atoms with Gasteiger partial charge >= 0.3 is 6.03 Å². The summed E-state index contributed by atoms with van der Waals surface area (Å²) in [6, 6.07) is 6.74. The monoisotopic (exact) mass is 248 g/mol. The molecule has 0 spiro atoms. The van der Waals surface area contributed by atoms with Crippen LogP contribution in [0.5, 0.6) is 0 Å². The van der Waals surface area contributed by atoms with Crippen molar-refractivity contribution in [2.75, 3.05) is 30.7 Å². The van der Waals surface area contributed by atoms with Crippen molar-refractivity contribution < 1.29 is 9.59 Å². The number of rotatable bonds is 1. The first kappa shape index (κ1) is 12.2. The molecule has 0 radical (unpaired) electrons. The molecule has 3 amide bonds. The topological polar surface area (TPSA) is 87.5 Å². The van der Waals surface area contributed by atoms with Crippen LogP contribution in [0.15, 0.2) is 24.3 Å². The molecular weight excluding hydrogens is 232 g/mol. The molecule has 0 bridgehead atoms. The molecule has 1 aromatic carbocycles. The first-order chi connectivity index (χ1) is 8.65. The molecule has 1 aliphatic rings.